The molecule has 0 saturated carbocycles. The van der Waals surface area contributed by atoms with Crippen molar-refractivity contribution in [2.24, 2.45) is 0 Å². The molecular weight excluding hydrogens is 236 g/mol. The molecule has 2 aromatic rings. The summed E-state index contributed by atoms with van der Waals surface area (Å²) in [5.74, 6) is 0.641. The molecule has 0 radical (unpaired) electrons. The Labute approximate surface area is 113 Å². The highest BCUT2D eigenvalue weighted by Gasteiger charge is 2.11. The van der Waals surface area contributed by atoms with E-state index in [4.69, 9.17) is 11.0 Å². The molecule has 0 saturated heterocycles. The summed E-state index contributed by atoms with van der Waals surface area (Å²) in [5.41, 5.74) is 9.29. The number of anilines is 2. The minimum Gasteiger partial charge on any atom is -0.395 e. The normalized spacial score (nSPS) is 9.95. The van der Waals surface area contributed by atoms with Gasteiger partial charge in [-0.1, -0.05) is 24.3 Å². The topological polar surface area (TPSA) is 65.9 Å². The second-order valence-electron chi connectivity index (χ2n) is 4.49. The summed E-state index contributed by atoms with van der Waals surface area (Å²) in [5, 5.41) is 8.98. The number of hydrogen-bond donors (Lipinski definition) is 1. The standard InChI is InChI=1S/C15H16N4/c1-11-5-3-4-6-13(11)10-19(2)15-14(17)12(9-16)7-8-18-15/h3-8H,10,17H2,1-2H3. The van der Waals surface area contributed by atoms with Crippen LogP contribution in [0.15, 0.2) is 36.5 Å². The Morgan fingerprint density at radius 3 is 2.74 bits per heavy atom. The van der Waals surface area contributed by atoms with Gasteiger partial charge in [0.15, 0.2) is 5.82 Å². The maximum atomic E-state index is 8.98. The molecule has 4 nitrogen and oxygen atoms in total. The third-order valence-electron chi connectivity index (χ3n) is 3.12. The Balaban J connectivity index is 2.29. The Morgan fingerprint density at radius 1 is 1.32 bits per heavy atom. The van der Waals surface area contributed by atoms with Crippen molar-refractivity contribution in [3.8, 4) is 6.07 Å². The number of benzene rings is 1. The molecule has 2 rings (SSSR count). The lowest BCUT2D eigenvalue weighted by molar-refractivity contribution is 0.892. The second-order valence-corrected chi connectivity index (χ2v) is 4.49. The molecular formula is C15H16N4. The predicted molar refractivity (Wildman–Crippen MR) is 76.7 cm³/mol. The minimum atomic E-state index is 0.432. The van der Waals surface area contributed by atoms with Crippen LogP contribution in [-0.2, 0) is 6.54 Å². The van der Waals surface area contributed by atoms with Crippen LogP contribution in [0.25, 0.3) is 0 Å². The molecule has 19 heavy (non-hydrogen) atoms. The van der Waals surface area contributed by atoms with Gasteiger partial charge in [-0.15, -0.1) is 0 Å². The zero-order chi connectivity index (χ0) is 13.8. The quantitative estimate of drug-likeness (QED) is 0.911. The lowest BCUT2D eigenvalue weighted by Gasteiger charge is -2.21. The van der Waals surface area contributed by atoms with Gasteiger partial charge in [-0.2, -0.15) is 5.26 Å². The molecule has 0 atom stereocenters. The summed E-state index contributed by atoms with van der Waals surface area (Å²) in [4.78, 5) is 6.22. The van der Waals surface area contributed by atoms with Crippen LogP contribution in [0.2, 0.25) is 0 Å². The minimum absolute atomic E-state index is 0.432. The third kappa shape index (κ3) is 2.66. The van der Waals surface area contributed by atoms with E-state index in [9.17, 15) is 0 Å². The van der Waals surface area contributed by atoms with Crippen LogP contribution in [0.3, 0.4) is 0 Å². The first-order valence-corrected chi connectivity index (χ1v) is 6.03. The van der Waals surface area contributed by atoms with E-state index >= 15 is 0 Å². The summed E-state index contributed by atoms with van der Waals surface area (Å²) in [6.07, 6.45) is 1.61. The highest BCUT2D eigenvalue weighted by molar-refractivity contribution is 5.69. The van der Waals surface area contributed by atoms with Crippen molar-refractivity contribution in [1.82, 2.24) is 4.98 Å². The van der Waals surface area contributed by atoms with Gasteiger partial charge in [0.05, 0.1) is 11.3 Å². The van der Waals surface area contributed by atoms with Crippen LogP contribution < -0.4 is 10.6 Å². The molecule has 1 aromatic heterocycles. The number of aryl methyl sites for hydroxylation is 1. The Bertz CT molecular complexity index is 628. The summed E-state index contributed by atoms with van der Waals surface area (Å²) in [6.45, 7) is 2.78. The lowest BCUT2D eigenvalue weighted by atomic mass is 10.1. The average Bonchev–Trinajstić information content (AvgIpc) is 2.41. The lowest BCUT2D eigenvalue weighted by Crippen LogP contribution is -2.20. The van der Waals surface area contributed by atoms with E-state index in [1.807, 2.05) is 24.1 Å². The maximum absolute atomic E-state index is 8.98. The summed E-state index contributed by atoms with van der Waals surface area (Å²) < 4.78 is 0. The maximum Gasteiger partial charge on any atom is 0.153 e. The first-order valence-electron chi connectivity index (χ1n) is 6.03. The van der Waals surface area contributed by atoms with Crippen molar-refractivity contribution in [1.29, 1.82) is 5.26 Å². The fourth-order valence-electron chi connectivity index (χ4n) is 1.98. The number of pyridine rings is 1. The van der Waals surface area contributed by atoms with Crippen LogP contribution in [0.5, 0.6) is 0 Å². The SMILES string of the molecule is Cc1ccccc1CN(C)c1nccc(C#N)c1N. The molecule has 4 heteroatoms. The van der Waals surface area contributed by atoms with Gasteiger partial charge < -0.3 is 10.6 Å². The van der Waals surface area contributed by atoms with Crippen molar-refractivity contribution in [3.05, 3.63) is 53.2 Å². The Morgan fingerprint density at radius 2 is 2.05 bits per heavy atom. The van der Waals surface area contributed by atoms with Gasteiger partial charge in [-0.25, -0.2) is 4.98 Å². The van der Waals surface area contributed by atoms with Gasteiger partial charge in [0, 0.05) is 19.8 Å². The molecule has 0 spiro atoms. The first kappa shape index (κ1) is 12.9. The van der Waals surface area contributed by atoms with E-state index in [1.165, 1.54) is 11.1 Å². The summed E-state index contributed by atoms with van der Waals surface area (Å²) >= 11 is 0. The molecule has 2 N–H and O–H groups in total. The van der Waals surface area contributed by atoms with Crippen LogP contribution in [-0.4, -0.2) is 12.0 Å². The number of hydrogen-bond acceptors (Lipinski definition) is 4. The summed E-state index contributed by atoms with van der Waals surface area (Å²) in [6, 6.07) is 11.9. The number of nitrogens with two attached hydrogens (primary N) is 1. The number of nitriles is 1. The summed E-state index contributed by atoms with van der Waals surface area (Å²) in [7, 11) is 1.92. The molecule has 0 aliphatic carbocycles. The predicted octanol–water partition coefficient (Wildman–Crippen LogP) is 2.48. The molecule has 1 heterocycles. The van der Waals surface area contributed by atoms with Crippen LogP contribution in [0, 0.1) is 18.3 Å². The molecule has 1 aromatic carbocycles. The van der Waals surface area contributed by atoms with E-state index in [-0.39, 0.29) is 0 Å². The van der Waals surface area contributed by atoms with E-state index in [1.54, 1.807) is 12.3 Å². The van der Waals surface area contributed by atoms with Gasteiger partial charge in [0.1, 0.15) is 6.07 Å². The number of nitrogens with zero attached hydrogens (tertiary/aromatic N) is 3. The van der Waals surface area contributed by atoms with Crippen LogP contribution >= 0.6 is 0 Å². The smallest absolute Gasteiger partial charge is 0.153 e. The van der Waals surface area contributed by atoms with E-state index in [0.717, 1.165) is 0 Å². The largest absolute Gasteiger partial charge is 0.395 e. The Hall–Kier alpha value is -2.54. The fraction of sp³-hybridized carbons (Fsp3) is 0.200. The van der Waals surface area contributed by atoms with E-state index in [2.05, 4.69) is 30.1 Å². The first-order chi connectivity index (χ1) is 9.13. The van der Waals surface area contributed by atoms with Gasteiger partial charge in [0.2, 0.25) is 0 Å². The molecule has 0 unspecified atom stereocenters. The van der Waals surface area contributed by atoms with Gasteiger partial charge in [0.25, 0.3) is 0 Å². The third-order valence-corrected chi connectivity index (χ3v) is 3.12. The van der Waals surface area contributed by atoms with Crippen LogP contribution in [0.1, 0.15) is 16.7 Å². The number of rotatable bonds is 3. The number of aromatic nitrogens is 1. The highest BCUT2D eigenvalue weighted by Crippen LogP contribution is 2.24. The van der Waals surface area contributed by atoms with Gasteiger partial charge >= 0.3 is 0 Å². The fourth-order valence-corrected chi connectivity index (χ4v) is 1.98. The molecule has 0 amide bonds. The van der Waals surface area contributed by atoms with E-state index < -0.39 is 0 Å². The highest BCUT2D eigenvalue weighted by atomic mass is 15.2. The monoisotopic (exact) mass is 252 g/mol. The van der Waals surface area contributed by atoms with Crippen molar-refractivity contribution < 1.29 is 0 Å². The van der Waals surface area contributed by atoms with E-state index in [0.29, 0.717) is 23.6 Å². The van der Waals surface area contributed by atoms with Crippen molar-refractivity contribution in [2.45, 2.75) is 13.5 Å². The zero-order valence-electron chi connectivity index (χ0n) is 11.1. The van der Waals surface area contributed by atoms with Crippen molar-refractivity contribution in [2.75, 3.05) is 17.7 Å². The molecule has 0 aliphatic heterocycles. The zero-order valence-corrected chi connectivity index (χ0v) is 11.1. The van der Waals surface area contributed by atoms with Crippen LogP contribution in [0.4, 0.5) is 11.5 Å². The molecule has 0 aliphatic rings. The Kier molecular flexibility index (Phi) is 3.67. The molecule has 0 bridgehead atoms. The molecule has 0 fully saturated rings. The second kappa shape index (κ2) is 5.40. The average molecular weight is 252 g/mol. The van der Waals surface area contributed by atoms with Crippen molar-refractivity contribution in [3.63, 3.8) is 0 Å². The number of nitrogen functional groups attached to an aromatic ring is 1. The molecule has 96 valence electrons. The van der Waals surface area contributed by atoms with Gasteiger partial charge in [-0.3, -0.25) is 0 Å². The van der Waals surface area contributed by atoms with Gasteiger partial charge in [-0.05, 0) is 24.1 Å². The van der Waals surface area contributed by atoms with Crippen molar-refractivity contribution >= 4 is 11.5 Å².